The minimum Gasteiger partial charge on any atom is -1.00 e. The van der Waals surface area contributed by atoms with E-state index in [-0.39, 0.29) is 31.0 Å². The third-order valence-electron chi connectivity index (χ3n) is 3.86. The van der Waals surface area contributed by atoms with Gasteiger partial charge in [-0.3, -0.25) is 0 Å². The van der Waals surface area contributed by atoms with Crippen molar-refractivity contribution in [2.45, 2.75) is 96.8 Å². The van der Waals surface area contributed by atoms with E-state index >= 15 is 0 Å². The molecular weight excluding hydrogens is 318 g/mol. The summed E-state index contributed by atoms with van der Waals surface area (Å²) in [5.41, 5.74) is 0. The molecule has 23 heavy (non-hydrogen) atoms. The molecule has 5 heteroatoms. The average molecular weight is 356 g/mol. The molecule has 0 amide bonds. The van der Waals surface area contributed by atoms with E-state index in [4.69, 9.17) is 14.3 Å². The van der Waals surface area contributed by atoms with Crippen molar-refractivity contribution in [3.8, 4) is 0 Å². The molecule has 0 heterocycles. The van der Waals surface area contributed by atoms with Crippen LogP contribution in [0.2, 0.25) is 0 Å². The molecule has 0 saturated carbocycles. The topological polar surface area (TPSA) is 49.7 Å². The van der Waals surface area contributed by atoms with Crippen LogP contribution >= 0.6 is 8.60 Å². The summed E-state index contributed by atoms with van der Waals surface area (Å²) in [4.78, 5) is 17.1. The predicted molar refractivity (Wildman–Crippen MR) is 97.9 cm³/mol. The Bertz CT molecular complexity index is 244. The van der Waals surface area contributed by atoms with Gasteiger partial charge in [0.1, 0.15) is 0 Å². The Balaban J connectivity index is -0.00000220. The number of allylic oxidation sites excluding steroid dienone is 2. The zero-order chi connectivity index (χ0) is 16.3. The first-order chi connectivity index (χ1) is 10.8. The van der Waals surface area contributed by atoms with Gasteiger partial charge in [0.25, 0.3) is 0 Å². The van der Waals surface area contributed by atoms with Crippen LogP contribution in [0.15, 0.2) is 12.2 Å². The summed E-state index contributed by atoms with van der Waals surface area (Å²) in [6.07, 6.45) is 22.6. The van der Waals surface area contributed by atoms with E-state index in [1.807, 2.05) is 0 Å². The van der Waals surface area contributed by atoms with Gasteiger partial charge < -0.3 is 15.7 Å². The van der Waals surface area contributed by atoms with Crippen LogP contribution in [0.3, 0.4) is 0 Å². The second-order valence-corrected chi connectivity index (χ2v) is 6.79. The largest absolute Gasteiger partial charge is 1.00 e. The SMILES string of the molecule is CCCCCCCC/C=C\CCCCCCCCOP(O)O.[H-].[Na+]. The van der Waals surface area contributed by atoms with E-state index in [1.54, 1.807) is 0 Å². The number of unbranched alkanes of at least 4 members (excludes halogenated alkanes) is 12. The van der Waals surface area contributed by atoms with E-state index < -0.39 is 8.60 Å². The van der Waals surface area contributed by atoms with Gasteiger partial charge in [-0.1, -0.05) is 76.9 Å². The summed E-state index contributed by atoms with van der Waals surface area (Å²) in [5.74, 6) is 0. The summed E-state index contributed by atoms with van der Waals surface area (Å²) in [6.45, 7) is 2.74. The molecule has 0 aromatic rings. The fraction of sp³-hybridized carbons (Fsp3) is 0.889. The van der Waals surface area contributed by atoms with Crippen LogP contribution in [0.1, 0.15) is 98.2 Å². The Morgan fingerprint density at radius 2 is 1.17 bits per heavy atom. The first kappa shape index (κ1) is 26.3. The van der Waals surface area contributed by atoms with E-state index in [9.17, 15) is 0 Å². The van der Waals surface area contributed by atoms with Gasteiger partial charge in [-0.15, -0.1) is 0 Å². The average Bonchev–Trinajstić information content (AvgIpc) is 2.50. The summed E-state index contributed by atoms with van der Waals surface area (Å²) < 4.78 is 4.73. The molecule has 0 aliphatic rings. The van der Waals surface area contributed by atoms with E-state index in [2.05, 4.69) is 19.1 Å². The van der Waals surface area contributed by atoms with Gasteiger partial charge in [0.2, 0.25) is 0 Å². The van der Waals surface area contributed by atoms with Gasteiger partial charge >= 0.3 is 38.2 Å². The predicted octanol–water partition coefficient (Wildman–Crippen LogP) is 3.37. The minimum absolute atomic E-state index is 0. The molecule has 0 fully saturated rings. The van der Waals surface area contributed by atoms with Crippen LogP contribution in [-0.4, -0.2) is 16.4 Å². The maximum atomic E-state index is 8.57. The van der Waals surface area contributed by atoms with Gasteiger partial charge in [0.05, 0.1) is 6.61 Å². The van der Waals surface area contributed by atoms with Crippen LogP contribution in [0.5, 0.6) is 0 Å². The summed E-state index contributed by atoms with van der Waals surface area (Å²) >= 11 is 0. The summed E-state index contributed by atoms with van der Waals surface area (Å²) in [5, 5.41) is 0. The molecule has 0 aromatic carbocycles. The smallest absolute Gasteiger partial charge is 1.00 e. The molecule has 0 aliphatic carbocycles. The summed E-state index contributed by atoms with van der Waals surface area (Å²) in [6, 6.07) is 0. The molecule has 0 saturated heterocycles. The third kappa shape index (κ3) is 25.4. The Labute approximate surface area is 169 Å². The molecule has 2 N–H and O–H groups in total. The van der Waals surface area contributed by atoms with Gasteiger partial charge in [-0.2, -0.15) is 0 Å². The molecule has 0 radical (unpaired) electrons. The monoisotopic (exact) mass is 356 g/mol. The molecule has 0 atom stereocenters. The van der Waals surface area contributed by atoms with Crippen LogP contribution < -0.4 is 29.6 Å². The van der Waals surface area contributed by atoms with E-state index in [1.165, 1.54) is 77.0 Å². The second kappa shape index (κ2) is 23.1. The second-order valence-electron chi connectivity index (χ2n) is 6.02. The number of hydrogen-bond donors (Lipinski definition) is 2. The quantitative estimate of drug-likeness (QED) is 0.182. The Kier molecular flexibility index (Phi) is 26.3. The zero-order valence-electron chi connectivity index (χ0n) is 16.5. The van der Waals surface area contributed by atoms with Crippen LogP contribution in [0.25, 0.3) is 0 Å². The van der Waals surface area contributed by atoms with Crippen molar-refractivity contribution >= 4 is 8.60 Å². The number of hydrogen-bond acceptors (Lipinski definition) is 3. The van der Waals surface area contributed by atoms with Crippen molar-refractivity contribution in [2.75, 3.05) is 6.61 Å². The van der Waals surface area contributed by atoms with Crippen molar-refractivity contribution in [3.05, 3.63) is 12.2 Å². The summed E-state index contributed by atoms with van der Waals surface area (Å²) in [7, 11) is -2.15. The molecule has 3 nitrogen and oxygen atoms in total. The van der Waals surface area contributed by atoms with Gasteiger partial charge in [0, 0.05) is 0 Å². The fourth-order valence-corrected chi connectivity index (χ4v) is 2.79. The fourth-order valence-electron chi connectivity index (χ4n) is 2.50. The molecular formula is C18H38NaO3P. The third-order valence-corrected chi connectivity index (χ3v) is 4.28. The van der Waals surface area contributed by atoms with Crippen molar-refractivity contribution in [1.82, 2.24) is 0 Å². The standard InChI is InChI=1S/C18H37O3P.Na.H/c1-2-3-4-5-6-7-8-9-10-11-12-13-14-15-16-17-18-21-22(19)20;;/h9-10,19-20H,2-8,11-18H2,1H3;;/q;+1;-1/b10-9-;;. The Morgan fingerprint density at radius 1 is 0.739 bits per heavy atom. The maximum absolute atomic E-state index is 8.57. The normalized spacial score (nSPS) is 11.3. The molecule has 0 bridgehead atoms. The Morgan fingerprint density at radius 3 is 1.65 bits per heavy atom. The Hall–Kier alpha value is 1.05. The van der Waals surface area contributed by atoms with Crippen LogP contribution in [0, 0.1) is 0 Å². The van der Waals surface area contributed by atoms with Crippen molar-refractivity contribution in [2.24, 2.45) is 0 Å². The molecule has 0 unspecified atom stereocenters. The minimum atomic E-state index is -2.15. The van der Waals surface area contributed by atoms with E-state index in [0.717, 1.165) is 12.8 Å². The maximum Gasteiger partial charge on any atom is 1.00 e. The molecule has 0 aliphatic heterocycles. The molecule has 0 rings (SSSR count). The van der Waals surface area contributed by atoms with E-state index in [0.29, 0.717) is 6.61 Å². The van der Waals surface area contributed by atoms with Gasteiger partial charge in [-0.05, 0) is 32.1 Å². The van der Waals surface area contributed by atoms with Crippen molar-refractivity contribution in [3.63, 3.8) is 0 Å². The molecule has 134 valence electrons. The van der Waals surface area contributed by atoms with Crippen LogP contribution in [-0.2, 0) is 4.52 Å². The molecule has 0 aromatic heterocycles. The van der Waals surface area contributed by atoms with Crippen molar-refractivity contribution < 1.29 is 45.3 Å². The first-order valence-corrected chi connectivity index (χ1v) is 10.4. The van der Waals surface area contributed by atoms with Crippen LogP contribution in [0.4, 0.5) is 0 Å². The molecule has 0 spiro atoms. The number of rotatable bonds is 17. The van der Waals surface area contributed by atoms with Gasteiger partial charge in [0.15, 0.2) is 0 Å². The zero-order valence-corrected chi connectivity index (χ0v) is 18.4. The van der Waals surface area contributed by atoms with Crippen molar-refractivity contribution in [1.29, 1.82) is 0 Å². The van der Waals surface area contributed by atoms with Gasteiger partial charge in [-0.25, -0.2) is 0 Å². The first-order valence-electron chi connectivity index (χ1n) is 9.23.